The monoisotopic (exact) mass is 117 g/mol. The van der Waals surface area contributed by atoms with Crippen LogP contribution in [0.1, 0.15) is 0 Å². The van der Waals surface area contributed by atoms with E-state index in [1.54, 1.807) is 6.08 Å². The molecule has 0 bridgehead atoms. The van der Waals surface area contributed by atoms with Crippen LogP contribution in [0.15, 0.2) is 17.3 Å². The Morgan fingerprint density at radius 2 is 2.50 bits per heavy atom. The van der Waals surface area contributed by atoms with Gasteiger partial charge in [-0.2, -0.15) is 0 Å². The summed E-state index contributed by atoms with van der Waals surface area (Å²) in [5.74, 6) is 0. The van der Waals surface area contributed by atoms with Crippen LogP contribution in [-0.4, -0.2) is 20.1 Å². The molecule has 0 aliphatic carbocycles. The summed E-state index contributed by atoms with van der Waals surface area (Å²) in [7, 11) is 0. The molecule has 8 heavy (non-hydrogen) atoms. The van der Waals surface area contributed by atoms with Crippen LogP contribution in [0.2, 0.25) is 0 Å². The van der Waals surface area contributed by atoms with E-state index in [2.05, 4.69) is 16.4 Å². The van der Waals surface area contributed by atoms with Gasteiger partial charge in [-0.15, -0.1) is 0 Å². The fourth-order valence-electron chi connectivity index (χ4n) is 0.222. The van der Waals surface area contributed by atoms with E-state index >= 15 is 0 Å². The minimum absolute atomic E-state index is 0.472. The number of ether oxygens (including phenoxy) is 1. The predicted molar refractivity (Wildman–Crippen MR) is 30.6 cm³/mol. The quantitative estimate of drug-likeness (QED) is 0.399. The molecule has 0 unspecified atom stereocenters. The molecule has 0 saturated heterocycles. The van der Waals surface area contributed by atoms with E-state index in [-0.39, 0.29) is 0 Å². The zero-order chi connectivity index (χ0) is 6.24. The van der Waals surface area contributed by atoms with E-state index in [0.29, 0.717) is 6.54 Å². The topological polar surface area (TPSA) is 21.6 Å². The molecule has 2 nitrogen and oxygen atoms in total. The Kier molecular flexibility index (Phi) is 5.48. The highest BCUT2D eigenvalue weighted by molar-refractivity contribution is 5.23. The van der Waals surface area contributed by atoms with Crippen LogP contribution in [-0.2, 0) is 4.74 Å². The third kappa shape index (κ3) is 5.14. The smallest absolute Gasteiger partial charge is 0.227 e. The maximum absolute atomic E-state index is 11.1. The Morgan fingerprint density at radius 1 is 1.75 bits per heavy atom. The molecule has 0 aromatic heterocycles. The van der Waals surface area contributed by atoms with Gasteiger partial charge in [-0.3, -0.25) is 4.99 Å². The summed E-state index contributed by atoms with van der Waals surface area (Å²) in [5, 5.41) is 0. The summed E-state index contributed by atoms with van der Waals surface area (Å²) in [6.45, 7) is 2.90. The van der Waals surface area contributed by atoms with Crippen molar-refractivity contribution in [3.8, 4) is 0 Å². The second kappa shape index (κ2) is 6.14. The highest BCUT2D eigenvalue weighted by Crippen LogP contribution is 1.77. The molecule has 0 radical (unpaired) electrons. The van der Waals surface area contributed by atoms with Crippen molar-refractivity contribution in [1.82, 2.24) is 0 Å². The zero-order valence-electron chi connectivity index (χ0n) is 4.51. The maximum Gasteiger partial charge on any atom is 0.227 e. The highest BCUT2D eigenvalue weighted by Gasteiger charge is 1.69. The number of alkyl halides is 1. The van der Waals surface area contributed by atoms with Gasteiger partial charge in [0.25, 0.3) is 0 Å². The molecule has 0 aliphatic rings. The van der Waals surface area contributed by atoms with Crippen LogP contribution in [0.5, 0.6) is 0 Å². The van der Waals surface area contributed by atoms with Gasteiger partial charge in [0.2, 0.25) is 6.86 Å². The fraction of sp³-hybridized carbons (Fsp3) is 0.400. The Balaban J connectivity index is 2.94. The first kappa shape index (κ1) is 7.14. The molecule has 0 N–H and O–H groups in total. The second-order valence-corrected chi connectivity index (χ2v) is 1.05. The van der Waals surface area contributed by atoms with Crippen molar-refractivity contribution in [3.05, 3.63) is 12.3 Å². The third-order valence-electron chi connectivity index (χ3n) is 0.490. The molecule has 0 rings (SSSR count). The van der Waals surface area contributed by atoms with Crippen molar-refractivity contribution in [1.29, 1.82) is 0 Å². The number of aliphatic imine (C=N–C) groups is 1. The van der Waals surface area contributed by atoms with Gasteiger partial charge in [0.15, 0.2) is 0 Å². The normalized spacial score (nSPS) is 9.62. The number of rotatable bonds is 4. The molecule has 0 amide bonds. The Hall–Kier alpha value is -0.860. The second-order valence-electron chi connectivity index (χ2n) is 1.05. The first-order valence-electron chi connectivity index (χ1n) is 2.17. The number of hydrogen-bond acceptors (Lipinski definition) is 2. The minimum atomic E-state index is -0.784. The van der Waals surface area contributed by atoms with Gasteiger partial charge in [-0.25, -0.2) is 4.39 Å². The van der Waals surface area contributed by atoms with Gasteiger partial charge in [-0.1, -0.05) is 0 Å². The van der Waals surface area contributed by atoms with Gasteiger partial charge in [-0.05, 0) is 12.8 Å². The molecule has 0 fully saturated rings. The molecule has 0 aromatic rings. The summed E-state index contributed by atoms with van der Waals surface area (Å²) in [6.07, 6.45) is 2.83. The van der Waals surface area contributed by atoms with E-state index < -0.39 is 6.86 Å². The average Bonchev–Trinajstić information content (AvgIpc) is 1.81. The lowest BCUT2D eigenvalue weighted by atomic mass is 10.6. The van der Waals surface area contributed by atoms with E-state index in [9.17, 15) is 4.39 Å². The lowest BCUT2D eigenvalue weighted by Gasteiger charge is -1.85. The van der Waals surface area contributed by atoms with Crippen molar-refractivity contribution < 1.29 is 9.13 Å². The molecule has 0 spiro atoms. The molecule has 0 saturated carbocycles. The molecular formula is C5H8FNO. The summed E-state index contributed by atoms with van der Waals surface area (Å²) in [4.78, 5) is 3.47. The first-order valence-corrected chi connectivity index (χ1v) is 2.17. The molecule has 0 aliphatic heterocycles. The van der Waals surface area contributed by atoms with Crippen molar-refractivity contribution in [3.63, 3.8) is 0 Å². The standard InChI is InChI=1S/C5H8FNO/c1-7-3-2-4-8-5-6/h2,4H,1,3,5H2/b4-2+. The van der Waals surface area contributed by atoms with E-state index in [1.165, 1.54) is 6.26 Å². The average molecular weight is 117 g/mol. The van der Waals surface area contributed by atoms with Gasteiger partial charge in [0.05, 0.1) is 12.8 Å². The largest absolute Gasteiger partial charge is 0.471 e. The number of halogens is 1. The molecular weight excluding hydrogens is 109 g/mol. The highest BCUT2D eigenvalue weighted by atomic mass is 19.1. The molecule has 3 heteroatoms. The van der Waals surface area contributed by atoms with Crippen LogP contribution >= 0.6 is 0 Å². The molecule has 46 valence electrons. The Morgan fingerprint density at radius 3 is 3.00 bits per heavy atom. The first-order chi connectivity index (χ1) is 3.91. The lowest BCUT2D eigenvalue weighted by molar-refractivity contribution is 0.141. The van der Waals surface area contributed by atoms with Crippen molar-refractivity contribution >= 4 is 6.72 Å². The minimum Gasteiger partial charge on any atom is -0.471 e. The maximum atomic E-state index is 11.1. The van der Waals surface area contributed by atoms with Crippen LogP contribution in [0.4, 0.5) is 4.39 Å². The zero-order valence-corrected chi connectivity index (χ0v) is 4.51. The van der Waals surface area contributed by atoms with Gasteiger partial charge in [0.1, 0.15) is 0 Å². The lowest BCUT2D eigenvalue weighted by Crippen LogP contribution is -1.75. The van der Waals surface area contributed by atoms with Crippen LogP contribution < -0.4 is 0 Å². The molecule has 0 aromatic carbocycles. The van der Waals surface area contributed by atoms with Gasteiger partial charge < -0.3 is 4.74 Å². The van der Waals surface area contributed by atoms with E-state index in [1.807, 2.05) is 0 Å². The third-order valence-corrected chi connectivity index (χ3v) is 0.490. The predicted octanol–water partition coefficient (Wildman–Crippen LogP) is 1.14. The number of hydrogen-bond donors (Lipinski definition) is 0. The Labute approximate surface area is 47.7 Å². The van der Waals surface area contributed by atoms with Gasteiger partial charge >= 0.3 is 0 Å². The fourth-order valence-corrected chi connectivity index (χ4v) is 0.222. The Bertz CT molecular complexity index is 82.5. The summed E-state index contributed by atoms with van der Waals surface area (Å²) in [6, 6.07) is 0. The van der Waals surface area contributed by atoms with Crippen molar-refractivity contribution in [2.24, 2.45) is 4.99 Å². The van der Waals surface area contributed by atoms with Crippen LogP contribution in [0, 0.1) is 0 Å². The van der Waals surface area contributed by atoms with Crippen LogP contribution in [0.25, 0.3) is 0 Å². The summed E-state index contributed by atoms with van der Waals surface area (Å²) in [5.41, 5.74) is 0. The van der Waals surface area contributed by atoms with Gasteiger partial charge in [0, 0.05) is 0 Å². The number of nitrogens with zero attached hydrogens (tertiary/aromatic N) is 1. The van der Waals surface area contributed by atoms with E-state index in [0.717, 1.165) is 0 Å². The van der Waals surface area contributed by atoms with Crippen LogP contribution in [0.3, 0.4) is 0 Å². The SMILES string of the molecule is C=NC/C=C/OCF. The molecule has 0 heterocycles. The van der Waals surface area contributed by atoms with E-state index in [4.69, 9.17) is 0 Å². The summed E-state index contributed by atoms with van der Waals surface area (Å²) >= 11 is 0. The van der Waals surface area contributed by atoms with Crippen molar-refractivity contribution in [2.45, 2.75) is 0 Å². The van der Waals surface area contributed by atoms with Crippen molar-refractivity contribution in [2.75, 3.05) is 13.4 Å². The molecule has 0 atom stereocenters. The summed E-state index contributed by atoms with van der Waals surface area (Å²) < 4.78 is 15.3.